The van der Waals surface area contributed by atoms with Crippen LogP contribution in [0.25, 0.3) is 0 Å². The summed E-state index contributed by atoms with van der Waals surface area (Å²) in [6.45, 7) is 1.31. The maximum absolute atomic E-state index is 13.3. The minimum atomic E-state index is -1.68. The molecule has 0 aromatic heterocycles. The minimum Gasteiger partial charge on any atom is -0.481 e. The molecule has 1 unspecified atom stereocenters. The number of hydrogen-bond acceptors (Lipinski definition) is 1. The first-order chi connectivity index (χ1) is 6.03. The van der Waals surface area contributed by atoms with Crippen molar-refractivity contribution >= 4 is 0 Å². The Morgan fingerprint density at radius 3 is 3.00 bits per heavy atom. The minimum absolute atomic E-state index is 0.0195. The highest BCUT2D eigenvalue weighted by molar-refractivity contribution is 5.26. The van der Waals surface area contributed by atoms with Gasteiger partial charge >= 0.3 is 0 Å². The van der Waals surface area contributed by atoms with Crippen molar-refractivity contribution in [1.29, 1.82) is 0 Å². The summed E-state index contributed by atoms with van der Waals surface area (Å²) in [6, 6.07) is 0. The zero-order valence-corrected chi connectivity index (χ0v) is 7.31. The van der Waals surface area contributed by atoms with Crippen LogP contribution in [0.2, 0.25) is 0 Å². The molecule has 1 aliphatic carbocycles. The van der Waals surface area contributed by atoms with Gasteiger partial charge in [0.2, 0.25) is 0 Å². The molecule has 0 aromatic rings. The Labute approximate surface area is 76.1 Å². The molecule has 0 saturated heterocycles. The number of allylic oxidation sites excluding steroid dienone is 3. The number of terminal acetylenes is 1. The van der Waals surface area contributed by atoms with E-state index in [1.54, 1.807) is 0 Å². The topological polar surface area (TPSA) is 9.23 Å². The van der Waals surface area contributed by atoms with E-state index < -0.39 is 11.5 Å². The number of halogens is 2. The molecule has 1 atom stereocenters. The SMILES string of the molecule is C#CCOC1=CC(C)(F)CC(F)=C1. The molecule has 0 aromatic carbocycles. The summed E-state index contributed by atoms with van der Waals surface area (Å²) in [7, 11) is 0. The van der Waals surface area contributed by atoms with E-state index in [1.807, 2.05) is 0 Å². The van der Waals surface area contributed by atoms with E-state index in [-0.39, 0.29) is 18.8 Å². The molecule has 1 rings (SSSR count). The van der Waals surface area contributed by atoms with Gasteiger partial charge in [-0.1, -0.05) is 5.92 Å². The third kappa shape index (κ3) is 2.90. The summed E-state index contributed by atoms with van der Waals surface area (Å²) in [5.74, 6) is 1.85. The molecule has 0 aliphatic heterocycles. The fourth-order valence-corrected chi connectivity index (χ4v) is 1.13. The predicted octanol–water partition coefficient (Wildman–Crippen LogP) is 2.51. The van der Waals surface area contributed by atoms with Crippen LogP contribution < -0.4 is 0 Å². The van der Waals surface area contributed by atoms with E-state index in [9.17, 15) is 8.78 Å². The van der Waals surface area contributed by atoms with Gasteiger partial charge in [-0.05, 0) is 13.0 Å². The van der Waals surface area contributed by atoms with Crippen molar-refractivity contribution in [3.05, 3.63) is 23.7 Å². The highest BCUT2D eigenvalue weighted by Gasteiger charge is 2.27. The lowest BCUT2D eigenvalue weighted by Crippen LogP contribution is -2.18. The zero-order valence-electron chi connectivity index (χ0n) is 7.31. The van der Waals surface area contributed by atoms with E-state index in [2.05, 4.69) is 5.92 Å². The fourth-order valence-electron chi connectivity index (χ4n) is 1.13. The first-order valence-corrected chi connectivity index (χ1v) is 3.87. The maximum atomic E-state index is 13.3. The van der Waals surface area contributed by atoms with E-state index in [0.29, 0.717) is 0 Å². The molecular weight excluding hydrogens is 174 g/mol. The predicted molar refractivity (Wildman–Crippen MR) is 46.2 cm³/mol. The third-order valence-electron chi connectivity index (χ3n) is 1.58. The smallest absolute Gasteiger partial charge is 0.148 e. The summed E-state index contributed by atoms with van der Waals surface area (Å²) < 4.78 is 31.0. The summed E-state index contributed by atoms with van der Waals surface area (Å²) in [6.07, 6.45) is 7.08. The summed E-state index contributed by atoms with van der Waals surface area (Å²) in [4.78, 5) is 0. The molecule has 0 spiro atoms. The van der Waals surface area contributed by atoms with Gasteiger partial charge in [0, 0.05) is 12.5 Å². The summed E-state index contributed by atoms with van der Waals surface area (Å²) in [5, 5.41) is 0. The van der Waals surface area contributed by atoms with Gasteiger partial charge in [-0.25, -0.2) is 8.78 Å². The Balaban J connectivity index is 2.73. The van der Waals surface area contributed by atoms with Crippen LogP contribution in [-0.2, 0) is 4.74 Å². The molecule has 1 nitrogen and oxygen atoms in total. The standard InChI is InChI=1S/C10H10F2O/c1-3-4-13-9-5-8(11)6-10(2,12)7-9/h1,5,7H,4,6H2,2H3. The van der Waals surface area contributed by atoms with Gasteiger partial charge in [-0.15, -0.1) is 6.42 Å². The Hall–Kier alpha value is -1.30. The van der Waals surface area contributed by atoms with Gasteiger partial charge in [-0.3, -0.25) is 0 Å². The van der Waals surface area contributed by atoms with Crippen LogP contribution in [0.5, 0.6) is 0 Å². The van der Waals surface area contributed by atoms with Crippen LogP contribution in [0.4, 0.5) is 8.78 Å². The monoisotopic (exact) mass is 184 g/mol. The van der Waals surface area contributed by atoms with E-state index in [1.165, 1.54) is 13.0 Å². The summed E-state index contributed by atoms with van der Waals surface area (Å²) >= 11 is 0. The molecule has 1 aliphatic rings. The Morgan fingerprint density at radius 1 is 1.77 bits per heavy atom. The first kappa shape index (κ1) is 9.79. The van der Waals surface area contributed by atoms with Crippen LogP contribution in [-0.4, -0.2) is 12.3 Å². The Bertz CT molecular complexity index is 295. The van der Waals surface area contributed by atoms with Crippen LogP contribution in [0, 0.1) is 12.3 Å². The molecule has 0 bridgehead atoms. The van der Waals surface area contributed by atoms with E-state index in [0.717, 1.165) is 6.08 Å². The average Bonchev–Trinajstić information content (AvgIpc) is 1.97. The van der Waals surface area contributed by atoms with Crippen molar-refractivity contribution in [1.82, 2.24) is 0 Å². The third-order valence-corrected chi connectivity index (χ3v) is 1.58. The van der Waals surface area contributed by atoms with Crippen LogP contribution in [0.15, 0.2) is 23.7 Å². The number of ether oxygens (including phenoxy) is 1. The molecule has 0 radical (unpaired) electrons. The second-order valence-electron chi connectivity index (χ2n) is 3.09. The molecule has 0 saturated carbocycles. The van der Waals surface area contributed by atoms with Crippen molar-refractivity contribution in [2.45, 2.75) is 19.0 Å². The molecule has 0 amide bonds. The average molecular weight is 184 g/mol. The van der Waals surface area contributed by atoms with Crippen LogP contribution in [0.1, 0.15) is 13.3 Å². The second kappa shape index (κ2) is 3.61. The van der Waals surface area contributed by atoms with Crippen molar-refractivity contribution in [3.63, 3.8) is 0 Å². The Kier molecular flexibility index (Phi) is 2.72. The van der Waals surface area contributed by atoms with Crippen molar-refractivity contribution in [2.24, 2.45) is 0 Å². The maximum Gasteiger partial charge on any atom is 0.148 e. The normalized spacial score (nSPS) is 27.2. The number of alkyl halides is 1. The van der Waals surface area contributed by atoms with E-state index in [4.69, 9.17) is 11.2 Å². The quantitative estimate of drug-likeness (QED) is 0.599. The van der Waals surface area contributed by atoms with Crippen molar-refractivity contribution in [3.8, 4) is 12.3 Å². The van der Waals surface area contributed by atoms with Gasteiger partial charge in [0.05, 0.1) is 0 Å². The highest BCUT2D eigenvalue weighted by Crippen LogP contribution is 2.30. The number of hydrogen-bond donors (Lipinski definition) is 0. The molecule has 0 fully saturated rings. The van der Waals surface area contributed by atoms with Gasteiger partial charge < -0.3 is 4.74 Å². The zero-order chi connectivity index (χ0) is 9.90. The lowest BCUT2D eigenvalue weighted by Gasteiger charge is -2.20. The molecule has 0 heterocycles. The van der Waals surface area contributed by atoms with Crippen LogP contribution >= 0.6 is 0 Å². The van der Waals surface area contributed by atoms with Crippen LogP contribution in [0.3, 0.4) is 0 Å². The van der Waals surface area contributed by atoms with Gasteiger partial charge in [-0.2, -0.15) is 0 Å². The molecule has 13 heavy (non-hydrogen) atoms. The van der Waals surface area contributed by atoms with E-state index >= 15 is 0 Å². The van der Waals surface area contributed by atoms with Gasteiger partial charge in [0.15, 0.2) is 0 Å². The van der Waals surface area contributed by atoms with Crippen molar-refractivity contribution < 1.29 is 13.5 Å². The van der Waals surface area contributed by atoms with Gasteiger partial charge in [0.25, 0.3) is 0 Å². The first-order valence-electron chi connectivity index (χ1n) is 3.87. The molecule has 70 valence electrons. The lowest BCUT2D eigenvalue weighted by atomic mass is 9.98. The molecule has 3 heteroatoms. The lowest BCUT2D eigenvalue weighted by molar-refractivity contribution is 0.206. The largest absolute Gasteiger partial charge is 0.481 e. The second-order valence-corrected chi connectivity index (χ2v) is 3.09. The number of rotatable bonds is 2. The fraction of sp³-hybridized carbons (Fsp3) is 0.400. The molecule has 0 N–H and O–H groups in total. The van der Waals surface area contributed by atoms with Gasteiger partial charge in [0.1, 0.15) is 23.9 Å². The highest BCUT2D eigenvalue weighted by atomic mass is 19.1. The Morgan fingerprint density at radius 2 is 2.46 bits per heavy atom. The summed E-state index contributed by atoms with van der Waals surface area (Å²) in [5.41, 5.74) is -1.68. The molecular formula is C10H10F2O. The van der Waals surface area contributed by atoms with Crippen molar-refractivity contribution in [2.75, 3.05) is 6.61 Å².